The van der Waals surface area contributed by atoms with Gasteiger partial charge in [-0.1, -0.05) is 0 Å². The molecule has 0 aliphatic carbocycles. The lowest BCUT2D eigenvalue weighted by Gasteiger charge is -2.06. The van der Waals surface area contributed by atoms with E-state index in [0.717, 1.165) is 24.3 Å². The van der Waals surface area contributed by atoms with Crippen LogP contribution in [-0.2, 0) is 28.7 Å². The molecule has 0 heterocycles. The van der Waals surface area contributed by atoms with Crippen molar-refractivity contribution >= 4 is 23.8 Å². The van der Waals surface area contributed by atoms with Gasteiger partial charge in [-0.15, -0.1) is 0 Å². The standard InChI is InChI=1S/C14H20N2O8/c17-11(1-3-13(19)20)15-5-7-23-9-10-24-8-6-16-12(18)2-4-14(21)22/h1-4H,5-10H2,(H,15,17)(H,16,18)(H,19,20)(H,21,22)/b3-1+,4-2+. The lowest BCUT2D eigenvalue weighted by Crippen LogP contribution is -2.27. The van der Waals surface area contributed by atoms with Crippen LogP contribution in [-0.4, -0.2) is 73.5 Å². The highest BCUT2D eigenvalue weighted by atomic mass is 16.5. The van der Waals surface area contributed by atoms with Crippen molar-refractivity contribution in [2.45, 2.75) is 0 Å². The molecule has 0 aliphatic heterocycles. The fourth-order valence-electron chi connectivity index (χ4n) is 1.23. The molecule has 2 amide bonds. The first-order valence-electron chi connectivity index (χ1n) is 6.95. The largest absolute Gasteiger partial charge is 0.478 e. The number of hydrogen-bond donors (Lipinski definition) is 4. The van der Waals surface area contributed by atoms with Crippen LogP contribution in [0.4, 0.5) is 0 Å². The van der Waals surface area contributed by atoms with Crippen LogP contribution in [0.5, 0.6) is 0 Å². The van der Waals surface area contributed by atoms with E-state index in [4.69, 9.17) is 19.7 Å². The quantitative estimate of drug-likeness (QED) is 0.234. The summed E-state index contributed by atoms with van der Waals surface area (Å²) in [6.45, 7) is 1.52. The highest BCUT2D eigenvalue weighted by molar-refractivity contribution is 5.94. The van der Waals surface area contributed by atoms with Crippen LogP contribution in [0.2, 0.25) is 0 Å². The Morgan fingerprint density at radius 1 is 0.667 bits per heavy atom. The Kier molecular flexibility index (Phi) is 12.3. The summed E-state index contributed by atoms with van der Waals surface area (Å²) >= 11 is 0. The molecular weight excluding hydrogens is 324 g/mol. The number of carbonyl (C=O) groups is 4. The highest BCUT2D eigenvalue weighted by Gasteiger charge is 1.98. The minimum Gasteiger partial charge on any atom is -0.478 e. The number of carbonyl (C=O) groups excluding carboxylic acids is 2. The molecule has 134 valence electrons. The van der Waals surface area contributed by atoms with E-state index in [1.54, 1.807) is 0 Å². The number of ether oxygens (including phenoxy) is 2. The predicted molar refractivity (Wildman–Crippen MR) is 81.2 cm³/mol. The summed E-state index contributed by atoms with van der Waals surface area (Å²) in [4.78, 5) is 42.5. The summed E-state index contributed by atoms with van der Waals surface area (Å²) < 4.78 is 10.3. The van der Waals surface area contributed by atoms with Crippen LogP contribution in [0.3, 0.4) is 0 Å². The van der Waals surface area contributed by atoms with Crippen LogP contribution in [0, 0.1) is 0 Å². The molecule has 0 bridgehead atoms. The highest BCUT2D eigenvalue weighted by Crippen LogP contribution is 1.80. The Balaban J connectivity index is 3.40. The summed E-state index contributed by atoms with van der Waals surface area (Å²) in [6.07, 6.45) is 3.29. The first kappa shape index (κ1) is 21.3. The zero-order valence-electron chi connectivity index (χ0n) is 12.9. The maximum atomic E-state index is 11.1. The summed E-state index contributed by atoms with van der Waals surface area (Å²) in [5, 5.41) is 21.5. The molecule has 0 aromatic heterocycles. The van der Waals surface area contributed by atoms with Crippen LogP contribution in [0.25, 0.3) is 0 Å². The molecule has 0 aromatic rings. The van der Waals surface area contributed by atoms with Crippen molar-refractivity contribution in [3.8, 4) is 0 Å². The van der Waals surface area contributed by atoms with E-state index in [9.17, 15) is 19.2 Å². The van der Waals surface area contributed by atoms with Gasteiger partial charge in [0.2, 0.25) is 11.8 Å². The SMILES string of the molecule is O=C(O)/C=C/C(=O)NCCOCCOCCNC(=O)/C=C/C(=O)O. The lowest BCUT2D eigenvalue weighted by atomic mass is 10.4. The Morgan fingerprint density at radius 3 is 1.38 bits per heavy atom. The van der Waals surface area contributed by atoms with Crippen molar-refractivity contribution in [1.82, 2.24) is 10.6 Å². The van der Waals surface area contributed by atoms with E-state index in [0.29, 0.717) is 0 Å². The minimum absolute atomic E-state index is 0.231. The number of amides is 2. The third-order valence-corrected chi connectivity index (χ3v) is 2.22. The zero-order valence-corrected chi connectivity index (χ0v) is 12.9. The predicted octanol–water partition coefficient (Wildman–Crippen LogP) is -1.47. The molecule has 0 saturated carbocycles. The number of carboxylic acids is 2. The molecule has 0 atom stereocenters. The molecule has 0 unspecified atom stereocenters. The van der Waals surface area contributed by atoms with Gasteiger partial charge < -0.3 is 30.3 Å². The fraction of sp³-hybridized carbons (Fsp3) is 0.429. The molecule has 0 aliphatic rings. The third-order valence-electron chi connectivity index (χ3n) is 2.22. The van der Waals surface area contributed by atoms with Gasteiger partial charge in [0.1, 0.15) is 0 Å². The van der Waals surface area contributed by atoms with Crippen molar-refractivity contribution in [2.24, 2.45) is 0 Å². The van der Waals surface area contributed by atoms with E-state index in [1.165, 1.54) is 0 Å². The topological polar surface area (TPSA) is 151 Å². The number of rotatable bonds is 13. The Labute approximate surface area is 138 Å². The summed E-state index contributed by atoms with van der Waals surface area (Å²) in [7, 11) is 0. The molecule has 0 rings (SSSR count). The van der Waals surface area contributed by atoms with Crippen molar-refractivity contribution in [1.29, 1.82) is 0 Å². The first-order valence-corrected chi connectivity index (χ1v) is 6.95. The molecule has 24 heavy (non-hydrogen) atoms. The van der Waals surface area contributed by atoms with E-state index in [1.807, 2.05) is 0 Å². The monoisotopic (exact) mass is 344 g/mol. The van der Waals surface area contributed by atoms with Crippen LogP contribution >= 0.6 is 0 Å². The molecule has 0 radical (unpaired) electrons. The second kappa shape index (κ2) is 13.9. The Morgan fingerprint density at radius 2 is 1.04 bits per heavy atom. The zero-order chi connectivity index (χ0) is 18.2. The van der Waals surface area contributed by atoms with E-state index >= 15 is 0 Å². The average molecular weight is 344 g/mol. The molecule has 10 nitrogen and oxygen atoms in total. The number of aliphatic carboxylic acids is 2. The molecule has 0 fully saturated rings. The van der Waals surface area contributed by atoms with Gasteiger partial charge in [0.05, 0.1) is 26.4 Å². The fourth-order valence-corrected chi connectivity index (χ4v) is 1.23. The van der Waals surface area contributed by atoms with Gasteiger partial charge >= 0.3 is 11.9 Å². The summed E-state index contributed by atoms with van der Waals surface area (Å²) in [5.74, 6) is -3.45. The van der Waals surface area contributed by atoms with Gasteiger partial charge in [-0.3, -0.25) is 9.59 Å². The minimum atomic E-state index is -1.20. The van der Waals surface area contributed by atoms with Gasteiger partial charge in [0.15, 0.2) is 0 Å². The van der Waals surface area contributed by atoms with E-state index in [2.05, 4.69) is 10.6 Å². The second-order valence-corrected chi connectivity index (χ2v) is 4.15. The molecule has 0 spiro atoms. The van der Waals surface area contributed by atoms with Crippen molar-refractivity contribution in [2.75, 3.05) is 39.5 Å². The Hall–Kier alpha value is -2.72. The normalized spacial score (nSPS) is 10.8. The first-order chi connectivity index (χ1) is 11.4. The number of hydrogen-bond acceptors (Lipinski definition) is 6. The summed E-state index contributed by atoms with van der Waals surface area (Å²) in [5.41, 5.74) is 0. The van der Waals surface area contributed by atoms with Crippen molar-refractivity contribution < 1.29 is 38.9 Å². The van der Waals surface area contributed by atoms with Gasteiger partial charge in [-0.25, -0.2) is 9.59 Å². The average Bonchev–Trinajstić information content (AvgIpc) is 2.52. The summed E-state index contributed by atoms with van der Waals surface area (Å²) in [6, 6.07) is 0. The maximum Gasteiger partial charge on any atom is 0.328 e. The molecule has 10 heteroatoms. The van der Waals surface area contributed by atoms with Crippen LogP contribution < -0.4 is 10.6 Å². The Bertz CT molecular complexity index is 443. The molecule has 0 aromatic carbocycles. The van der Waals surface area contributed by atoms with Gasteiger partial charge in [0, 0.05) is 37.4 Å². The smallest absolute Gasteiger partial charge is 0.328 e. The second-order valence-electron chi connectivity index (χ2n) is 4.15. The molecular formula is C14H20N2O8. The lowest BCUT2D eigenvalue weighted by molar-refractivity contribution is -0.132. The number of nitrogens with one attached hydrogen (secondary N) is 2. The van der Waals surface area contributed by atoms with Crippen molar-refractivity contribution in [3.63, 3.8) is 0 Å². The maximum absolute atomic E-state index is 11.1. The van der Waals surface area contributed by atoms with Gasteiger partial charge in [-0.05, 0) is 0 Å². The van der Waals surface area contributed by atoms with E-state index < -0.39 is 23.8 Å². The van der Waals surface area contributed by atoms with Gasteiger partial charge in [0.25, 0.3) is 0 Å². The van der Waals surface area contributed by atoms with E-state index in [-0.39, 0.29) is 39.5 Å². The van der Waals surface area contributed by atoms with Crippen molar-refractivity contribution in [3.05, 3.63) is 24.3 Å². The van der Waals surface area contributed by atoms with Crippen LogP contribution in [0.1, 0.15) is 0 Å². The molecule has 0 saturated heterocycles. The third kappa shape index (κ3) is 15.7. The number of carboxylic acid groups (broad SMARTS) is 2. The molecule has 4 N–H and O–H groups in total. The van der Waals surface area contributed by atoms with Crippen LogP contribution in [0.15, 0.2) is 24.3 Å². The van der Waals surface area contributed by atoms with Gasteiger partial charge in [-0.2, -0.15) is 0 Å².